The van der Waals surface area contributed by atoms with E-state index >= 15 is 0 Å². The molecule has 0 aromatic heterocycles. The first-order valence-electron chi connectivity index (χ1n) is 15.0. The third kappa shape index (κ3) is 8.77. The van der Waals surface area contributed by atoms with Crippen LogP contribution in [0.15, 0.2) is 71.7 Å². The van der Waals surface area contributed by atoms with Gasteiger partial charge in [-0.2, -0.15) is 0 Å². The molecule has 5 rings (SSSR count). The number of hydrogen-bond acceptors (Lipinski definition) is 4. The fourth-order valence-corrected chi connectivity index (χ4v) is 5.28. The molecule has 2 aliphatic rings. The van der Waals surface area contributed by atoms with E-state index in [2.05, 4.69) is 25.2 Å². The van der Waals surface area contributed by atoms with E-state index < -0.39 is 12.3 Å². The number of carbonyl (C=O) groups is 1. The van der Waals surface area contributed by atoms with Crippen molar-refractivity contribution in [3.05, 3.63) is 89.0 Å². The van der Waals surface area contributed by atoms with Gasteiger partial charge in [0.15, 0.2) is 0 Å². The van der Waals surface area contributed by atoms with Crippen LogP contribution in [0.25, 0.3) is 0 Å². The summed E-state index contributed by atoms with van der Waals surface area (Å²) in [4.78, 5) is 20.3. The Bertz CT molecular complexity index is 1500. The smallest absolute Gasteiger partial charge is 0.270 e. The van der Waals surface area contributed by atoms with Crippen molar-refractivity contribution in [2.75, 3.05) is 18.4 Å². The second kappa shape index (κ2) is 14.2. The first-order chi connectivity index (χ1) is 20.8. The quantitative estimate of drug-likeness (QED) is 0.198. The van der Waals surface area contributed by atoms with Crippen LogP contribution >= 0.6 is 0 Å². The van der Waals surface area contributed by atoms with Crippen LogP contribution in [0, 0.1) is 24.2 Å². The minimum atomic E-state index is -2.95. The predicted octanol–water partition coefficient (Wildman–Crippen LogP) is 9.54. The molecule has 0 unspecified atom stereocenters. The van der Waals surface area contributed by atoms with Crippen LogP contribution < -0.4 is 5.32 Å². The number of rotatable bonds is 8. The maximum absolute atomic E-state index is 13.9. The molecular weight excluding hydrogens is 568 g/mol. The van der Waals surface area contributed by atoms with Gasteiger partial charge >= 0.3 is 0 Å². The molecule has 1 amide bonds. The molecule has 0 spiro atoms. The van der Waals surface area contributed by atoms with Gasteiger partial charge in [0.05, 0.1) is 5.69 Å². The van der Waals surface area contributed by atoms with E-state index in [1.165, 1.54) is 12.1 Å². The number of alkyl halides is 4. The van der Waals surface area contributed by atoms with Gasteiger partial charge in [-0.15, -0.1) is 0 Å². The molecule has 1 aliphatic heterocycles. The van der Waals surface area contributed by atoms with Crippen LogP contribution in [-0.2, 0) is 5.92 Å². The van der Waals surface area contributed by atoms with Gasteiger partial charge in [-0.3, -0.25) is 9.79 Å². The van der Waals surface area contributed by atoms with Gasteiger partial charge in [0, 0.05) is 71.3 Å². The second-order valence-electron chi connectivity index (χ2n) is 11.7. The summed E-state index contributed by atoms with van der Waals surface area (Å²) in [6, 6.07) is 19.6. The first kappa shape index (κ1) is 32.9. The Morgan fingerprint density at radius 2 is 1.64 bits per heavy atom. The Hall–Kier alpha value is -4.01. The highest BCUT2D eigenvalue weighted by Gasteiger charge is 2.31. The molecule has 3 aromatic carbocycles. The SMILES string of the molecule is CC(=Nc1ccccc1C)C1CCN(C(=O)c2ccc(Nc3cccc(C(C)(F)F)c3)c(C(=N)C3CC3)c2)CC1.CC(F)F. The third-order valence-electron chi connectivity index (χ3n) is 7.98. The fourth-order valence-electron chi connectivity index (χ4n) is 5.28. The monoisotopic (exact) mass is 608 g/mol. The van der Waals surface area contributed by atoms with Crippen molar-refractivity contribution in [1.82, 2.24) is 4.90 Å². The topological polar surface area (TPSA) is 68.6 Å². The fraction of sp³-hybridized carbons (Fsp3) is 0.400. The van der Waals surface area contributed by atoms with Gasteiger partial charge in [-0.05, 0) is 88.4 Å². The molecule has 1 heterocycles. The molecule has 9 heteroatoms. The van der Waals surface area contributed by atoms with Gasteiger partial charge in [-0.1, -0.05) is 30.3 Å². The van der Waals surface area contributed by atoms with E-state index in [-0.39, 0.29) is 17.4 Å². The molecule has 234 valence electrons. The van der Waals surface area contributed by atoms with Crippen molar-refractivity contribution in [3.63, 3.8) is 0 Å². The molecular formula is C35H40F4N4O. The molecule has 0 bridgehead atoms. The standard InChI is InChI=1S/C33H36F2N4O.C2H4F2/c1-21-7-4-5-10-29(21)37-22(2)23-15-17-39(18-16-23)32(40)25-13-14-30(28(19-25)31(36)24-11-12-24)38-27-9-6-8-26(20-27)33(3,34)35;1-2(3)4/h4-10,13-14,19-20,23-24,36,38H,11-12,15-18H2,1-3H3;2H,1H3. The van der Waals surface area contributed by atoms with Crippen LogP contribution in [0.4, 0.5) is 34.6 Å². The van der Waals surface area contributed by atoms with Crippen LogP contribution in [0.2, 0.25) is 0 Å². The summed E-state index contributed by atoms with van der Waals surface area (Å²) < 4.78 is 48.4. The molecule has 2 N–H and O–H groups in total. The van der Waals surface area contributed by atoms with Crippen molar-refractivity contribution in [2.45, 2.75) is 65.7 Å². The van der Waals surface area contributed by atoms with E-state index in [1.54, 1.807) is 30.3 Å². The van der Waals surface area contributed by atoms with Gasteiger partial charge in [0.2, 0.25) is 6.43 Å². The molecule has 1 aliphatic carbocycles. The molecule has 2 fully saturated rings. The number of nitrogens with zero attached hydrogens (tertiary/aromatic N) is 2. The minimum Gasteiger partial charge on any atom is -0.355 e. The first-order valence-corrected chi connectivity index (χ1v) is 15.0. The number of halogens is 4. The number of aryl methyl sites for hydroxylation is 1. The maximum Gasteiger partial charge on any atom is 0.270 e. The summed E-state index contributed by atoms with van der Waals surface area (Å²) in [5, 5.41) is 12.0. The molecule has 1 saturated carbocycles. The van der Waals surface area contributed by atoms with E-state index in [4.69, 9.17) is 10.4 Å². The minimum absolute atomic E-state index is 0.0454. The third-order valence-corrected chi connectivity index (χ3v) is 7.98. The van der Waals surface area contributed by atoms with Crippen LogP contribution in [0.3, 0.4) is 0 Å². The normalized spacial score (nSPS) is 15.9. The zero-order valence-electron chi connectivity index (χ0n) is 25.6. The number of para-hydroxylation sites is 1. The Balaban J connectivity index is 0.00000104. The number of aliphatic imine (C=N–C) groups is 1. The Morgan fingerprint density at radius 3 is 2.25 bits per heavy atom. The number of anilines is 2. The lowest BCUT2D eigenvalue weighted by atomic mass is 9.92. The number of benzene rings is 3. The summed E-state index contributed by atoms with van der Waals surface area (Å²) >= 11 is 0. The van der Waals surface area contributed by atoms with E-state index in [0.29, 0.717) is 47.2 Å². The van der Waals surface area contributed by atoms with Gasteiger partial charge in [0.1, 0.15) is 0 Å². The molecule has 1 saturated heterocycles. The largest absolute Gasteiger partial charge is 0.355 e. The van der Waals surface area contributed by atoms with Crippen molar-refractivity contribution in [3.8, 4) is 0 Å². The van der Waals surface area contributed by atoms with Crippen LogP contribution in [-0.4, -0.2) is 41.7 Å². The zero-order valence-corrected chi connectivity index (χ0v) is 25.6. The average molecular weight is 609 g/mol. The molecule has 5 nitrogen and oxygen atoms in total. The highest BCUT2D eigenvalue weighted by Crippen LogP contribution is 2.37. The van der Waals surface area contributed by atoms with Crippen LogP contribution in [0.1, 0.15) is 73.5 Å². The number of likely N-dealkylation sites (tertiary alicyclic amines) is 1. The maximum atomic E-state index is 13.9. The molecule has 0 radical (unpaired) electrons. The van der Waals surface area contributed by atoms with Crippen LogP contribution in [0.5, 0.6) is 0 Å². The lowest BCUT2D eigenvalue weighted by Gasteiger charge is -2.32. The summed E-state index contributed by atoms with van der Waals surface area (Å²) in [5.41, 5.74) is 6.01. The average Bonchev–Trinajstić information content (AvgIpc) is 3.83. The molecule has 0 atom stereocenters. The van der Waals surface area contributed by atoms with Crippen molar-refractivity contribution < 1.29 is 22.4 Å². The number of hydrogen-bond donors (Lipinski definition) is 2. The zero-order chi connectivity index (χ0) is 32.0. The van der Waals surface area contributed by atoms with Gasteiger partial charge in [-0.25, -0.2) is 17.6 Å². The highest BCUT2D eigenvalue weighted by atomic mass is 19.3. The van der Waals surface area contributed by atoms with E-state index in [0.717, 1.165) is 56.5 Å². The number of piperidine rings is 1. The molecule has 44 heavy (non-hydrogen) atoms. The summed E-state index contributed by atoms with van der Waals surface area (Å²) in [6.07, 6.45) is 1.45. The summed E-state index contributed by atoms with van der Waals surface area (Å²) in [5.74, 6) is -2.49. The van der Waals surface area contributed by atoms with Gasteiger partial charge in [0.25, 0.3) is 11.8 Å². The number of carbonyl (C=O) groups excluding carboxylic acids is 1. The summed E-state index contributed by atoms with van der Waals surface area (Å²) in [7, 11) is 0. The lowest BCUT2D eigenvalue weighted by Crippen LogP contribution is -2.40. The molecule has 3 aromatic rings. The lowest BCUT2D eigenvalue weighted by molar-refractivity contribution is 0.0175. The Labute approximate surface area is 256 Å². The second-order valence-corrected chi connectivity index (χ2v) is 11.7. The van der Waals surface area contributed by atoms with E-state index in [9.17, 15) is 22.4 Å². The van der Waals surface area contributed by atoms with Crippen molar-refractivity contribution in [1.29, 1.82) is 5.41 Å². The number of nitrogens with one attached hydrogen (secondary N) is 2. The highest BCUT2D eigenvalue weighted by molar-refractivity contribution is 6.08. The van der Waals surface area contributed by atoms with Crippen molar-refractivity contribution >= 4 is 34.4 Å². The Kier molecular flexibility index (Phi) is 10.6. The van der Waals surface area contributed by atoms with Gasteiger partial charge < -0.3 is 15.6 Å². The van der Waals surface area contributed by atoms with Crippen molar-refractivity contribution in [2.24, 2.45) is 16.8 Å². The predicted molar refractivity (Wildman–Crippen MR) is 170 cm³/mol. The summed E-state index contributed by atoms with van der Waals surface area (Å²) in [6.45, 7) is 7.15. The number of amides is 1. The Morgan fingerprint density at radius 1 is 0.977 bits per heavy atom. The van der Waals surface area contributed by atoms with E-state index in [1.807, 2.05) is 23.1 Å².